The van der Waals surface area contributed by atoms with E-state index in [1.807, 2.05) is 24.8 Å². The van der Waals surface area contributed by atoms with Gasteiger partial charge >= 0.3 is 0 Å². The van der Waals surface area contributed by atoms with E-state index in [1.54, 1.807) is 0 Å². The van der Waals surface area contributed by atoms with Crippen LogP contribution in [0.15, 0.2) is 12.2 Å². The largest absolute Gasteiger partial charge is 0.198 e. The lowest BCUT2D eigenvalue weighted by Gasteiger charge is -2.01. The van der Waals surface area contributed by atoms with Crippen LogP contribution in [0.2, 0.25) is 0 Å². The zero-order chi connectivity index (χ0) is 7.82. The Morgan fingerprint density at radius 1 is 1.70 bits per heavy atom. The zero-order valence-corrected chi connectivity index (χ0v) is 7.32. The van der Waals surface area contributed by atoms with Gasteiger partial charge in [-0.3, -0.25) is 0 Å². The van der Waals surface area contributed by atoms with E-state index in [2.05, 4.69) is 19.1 Å². The molecule has 0 amide bonds. The Morgan fingerprint density at radius 3 is 2.90 bits per heavy atom. The van der Waals surface area contributed by atoms with Crippen LogP contribution in [0.25, 0.3) is 0 Å². The molecule has 2 heteroatoms. The van der Waals surface area contributed by atoms with E-state index in [-0.39, 0.29) is 0 Å². The van der Waals surface area contributed by atoms with Crippen LogP contribution in [0, 0.1) is 11.3 Å². The average Bonchev–Trinajstić information content (AvgIpc) is 1.89. The number of thioether (sulfide) groups is 1. The highest BCUT2D eigenvalue weighted by Crippen LogP contribution is 2.11. The van der Waals surface area contributed by atoms with Gasteiger partial charge in [-0.05, 0) is 13.8 Å². The van der Waals surface area contributed by atoms with Gasteiger partial charge in [0.2, 0.25) is 0 Å². The lowest BCUT2D eigenvalue weighted by Crippen LogP contribution is -1.90. The van der Waals surface area contributed by atoms with Gasteiger partial charge in [-0.25, -0.2) is 0 Å². The van der Waals surface area contributed by atoms with Gasteiger partial charge in [-0.15, -0.1) is 0 Å². The number of nitrogens with zero attached hydrogens (tertiary/aromatic N) is 1. The third kappa shape index (κ3) is 5.71. The first-order chi connectivity index (χ1) is 4.81. The first-order valence-corrected chi connectivity index (χ1v) is 4.47. The summed E-state index contributed by atoms with van der Waals surface area (Å²) >= 11 is 1.82. The fourth-order valence-corrected chi connectivity index (χ4v) is 1.47. The summed E-state index contributed by atoms with van der Waals surface area (Å²) < 4.78 is 0. The van der Waals surface area contributed by atoms with Crippen LogP contribution < -0.4 is 0 Å². The molecule has 0 saturated heterocycles. The van der Waals surface area contributed by atoms with Crippen molar-refractivity contribution in [1.29, 1.82) is 5.26 Å². The fourth-order valence-electron chi connectivity index (χ4n) is 0.617. The molecular weight excluding hydrogens is 142 g/mol. The highest BCUT2D eigenvalue weighted by Gasteiger charge is 1.94. The first kappa shape index (κ1) is 9.58. The van der Waals surface area contributed by atoms with Crippen molar-refractivity contribution in [3.05, 3.63) is 12.2 Å². The van der Waals surface area contributed by atoms with Crippen molar-refractivity contribution < 1.29 is 0 Å². The molecule has 0 saturated carbocycles. The number of hydrogen-bond acceptors (Lipinski definition) is 2. The minimum Gasteiger partial charge on any atom is -0.198 e. The molecule has 0 aliphatic carbocycles. The Balaban J connectivity index is 3.23. The van der Waals surface area contributed by atoms with E-state index in [1.165, 1.54) is 0 Å². The Kier molecular flexibility index (Phi) is 6.42. The van der Waals surface area contributed by atoms with E-state index < -0.39 is 0 Å². The molecule has 0 aliphatic rings. The predicted octanol–water partition coefficient (Wildman–Crippen LogP) is 2.60. The van der Waals surface area contributed by atoms with Crippen molar-refractivity contribution in [3.63, 3.8) is 0 Å². The third-order valence-electron chi connectivity index (χ3n) is 1.06. The summed E-state index contributed by atoms with van der Waals surface area (Å²) in [6, 6.07) is 2.12. The lowest BCUT2D eigenvalue weighted by atomic mass is 10.4. The van der Waals surface area contributed by atoms with Gasteiger partial charge in [0.25, 0.3) is 0 Å². The van der Waals surface area contributed by atoms with Gasteiger partial charge in [0.05, 0.1) is 6.07 Å². The summed E-state index contributed by atoms with van der Waals surface area (Å²) in [5.74, 6) is 0.946. The number of nitriles is 1. The average molecular weight is 155 g/mol. The van der Waals surface area contributed by atoms with Gasteiger partial charge in [0.1, 0.15) is 0 Å². The summed E-state index contributed by atoms with van der Waals surface area (Å²) in [5.41, 5.74) is 0. The summed E-state index contributed by atoms with van der Waals surface area (Å²) in [4.78, 5) is 0. The highest BCUT2D eigenvalue weighted by molar-refractivity contribution is 8.00. The summed E-state index contributed by atoms with van der Waals surface area (Å²) in [6.07, 6.45) is 4.85. The van der Waals surface area contributed by atoms with Crippen molar-refractivity contribution in [3.8, 4) is 6.07 Å². The molecule has 0 radical (unpaired) electrons. The molecule has 0 aromatic rings. The minimum atomic E-state index is 0.554. The normalized spacial score (nSPS) is 13.3. The van der Waals surface area contributed by atoms with Crippen molar-refractivity contribution in [1.82, 2.24) is 0 Å². The summed E-state index contributed by atoms with van der Waals surface area (Å²) in [7, 11) is 0. The second-order valence-electron chi connectivity index (χ2n) is 2.01. The standard InChI is InChI=1S/C8H13NS/c1-3-5-8(2)10-7-4-6-9/h3,5,8H,4,7H2,1-2H3/b5-3+. The van der Waals surface area contributed by atoms with E-state index in [0.717, 1.165) is 5.75 Å². The zero-order valence-electron chi connectivity index (χ0n) is 6.50. The van der Waals surface area contributed by atoms with Crippen LogP contribution in [0.3, 0.4) is 0 Å². The van der Waals surface area contributed by atoms with E-state index in [0.29, 0.717) is 11.7 Å². The van der Waals surface area contributed by atoms with Crippen molar-refractivity contribution in [2.45, 2.75) is 25.5 Å². The smallest absolute Gasteiger partial charge is 0.0630 e. The minimum absolute atomic E-state index is 0.554. The second kappa shape index (κ2) is 6.70. The Labute approximate surface area is 67.1 Å². The number of allylic oxidation sites excluding steroid dienone is 1. The molecule has 0 heterocycles. The highest BCUT2D eigenvalue weighted by atomic mass is 32.2. The van der Waals surface area contributed by atoms with Crippen LogP contribution in [0.1, 0.15) is 20.3 Å². The molecule has 1 unspecified atom stereocenters. The molecule has 1 nitrogen and oxygen atoms in total. The second-order valence-corrected chi connectivity index (χ2v) is 3.49. The lowest BCUT2D eigenvalue weighted by molar-refractivity contribution is 1.19. The topological polar surface area (TPSA) is 23.8 Å². The Hall–Kier alpha value is -0.420. The third-order valence-corrected chi connectivity index (χ3v) is 2.18. The molecule has 0 N–H and O–H groups in total. The molecule has 0 fully saturated rings. The quantitative estimate of drug-likeness (QED) is 0.460. The molecule has 0 rings (SSSR count). The van der Waals surface area contributed by atoms with Gasteiger partial charge in [-0.2, -0.15) is 17.0 Å². The summed E-state index contributed by atoms with van der Waals surface area (Å²) in [6.45, 7) is 4.16. The number of rotatable bonds is 4. The van der Waals surface area contributed by atoms with Crippen molar-refractivity contribution in [2.24, 2.45) is 0 Å². The van der Waals surface area contributed by atoms with Gasteiger partial charge < -0.3 is 0 Å². The molecule has 0 bridgehead atoms. The number of hydrogen-bond donors (Lipinski definition) is 0. The van der Waals surface area contributed by atoms with E-state index >= 15 is 0 Å². The van der Waals surface area contributed by atoms with Crippen LogP contribution in [-0.4, -0.2) is 11.0 Å². The monoisotopic (exact) mass is 155 g/mol. The fraction of sp³-hybridized carbons (Fsp3) is 0.625. The van der Waals surface area contributed by atoms with Gasteiger partial charge in [0, 0.05) is 17.4 Å². The van der Waals surface area contributed by atoms with Crippen LogP contribution in [0.5, 0.6) is 0 Å². The molecule has 0 aromatic heterocycles. The van der Waals surface area contributed by atoms with Crippen molar-refractivity contribution >= 4 is 11.8 Å². The Morgan fingerprint density at radius 2 is 2.40 bits per heavy atom. The predicted molar refractivity (Wildman–Crippen MR) is 47.0 cm³/mol. The molecule has 0 aliphatic heterocycles. The van der Waals surface area contributed by atoms with Crippen LogP contribution in [0.4, 0.5) is 0 Å². The molecule has 1 atom stereocenters. The Bertz CT molecular complexity index is 135. The van der Waals surface area contributed by atoms with Crippen LogP contribution in [-0.2, 0) is 0 Å². The van der Waals surface area contributed by atoms with E-state index in [4.69, 9.17) is 5.26 Å². The SMILES string of the molecule is C/C=C/C(C)SCCC#N. The maximum atomic E-state index is 8.23. The first-order valence-electron chi connectivity index (χ1n) is 3.42. The van der Waals surface area contributed by atoms with Gasteiger partial charge in [0.15, 0.2) is 0 Å². The maximum Gasteiger partial charge on any atom is 0.0630 e. The molecule has 0 spiro atoms. The summed E-state index contributed by atoms with van der Waals surface area (Å²) in [5, 5.41) is 8.78. The molecule has 0 aromatic carbocycles. The van der Waals surface area contributed by atoms with Gasteiger partial charge in [-0.1, -0.05) is 12.2 Å². The molecular formula is C8H13NS. The maximum absolute atomic E-state index is 8.23. The van der Waals surface area contributed by atoms with Crippen LogP contribution >= 0.6 is 11.8 Å². The molecule has 10 heavy (non-hydrogen) atoms. The van der Waals surface area contributed by atoms with E-state index in [9.17, 15) is 0 Å². The van der Waals surface area contributed by atoms with Crippen molar-refractivity contribution in [2.75, 3.05) is 5.75 Å². The molecule has 56 valence electrons.